The summed E-state index contributed by atoms with van der Waals surface area (Å²) in [7, 11) is 0. The molecule has 2 aromatic rings. The van der Waals surface area contributed by atoms with Crippen LogP contribution in [-0.4, -0.2) is 16.5 Å². The van der Waals surface area contributed by atoms with E-state index in [-0.39, 0.29) is 22.5 Å². The molecule has 2 rings (SSSR count). The summed E-state index contributed by atoms with van der Waals surface area (Å²) in [6.07, 6.45) is 0. The quantitative estimate of drug-likeness (QED) is 0.795. The van der Waals surface area contributed by atoms with Crippen molar-refractivity contribution in [2.75, 3.05) is 0 Å². The molecule has 3 heteroatoms. The van der Waals surface area contributed by atoms with Gasteiger partial charge in [-0.05, 0) is 63.1 Å². The summed E-state index contributed by atoms with van der Waals surface area (Å²) in [6, 6.07) is 13.3. The fraction of sp³-hybridized carbons (Fsp3) is 0.381. The number of phenolic OH excluding ortho intramolecular Hbond substituents is 1. The van der Waals surface area contributed by atoms with Crippen LogP contribution in [0.5, 0.6) is 11.5 Å². The largest absolute Gasteiger partial charge is 0.507 e. The van der Waals surface area contributed by atoms with Gasteiger partial charge in [-0.25, -0.2) is 0 Å². The lowest BCUT2D eigenvalue weighted by Crippen LogP contribution is -2.23. The van der Waals surface area contributed by atoms with E-state index in [1.807, 2.05) is 51.1 Å². The molecule has 0 bridgehead atoms. The van der Waals surface area contributed by atoms with E-state index >= 15 is 0 Å². The molecule has 0 aromatic heterocycles. The molecule has 3 nitrogen and oxygen atoms in total. The molecule has 0 fully saturated rings. The third kappa shape index (κ3) is 3.97. The van der Waals surface area contributed by atoms with Crippen LogP contribution >= 0.6 is 0 Å². The minimum absolute atomic E-state index is 0.0285. The van der Waals surface area contributed by atoms with E-state index in [0.717, 1.165) is 16.9 Å². The smallest absolute Gasteiger partial charge is 0.163 e. The lowest BCUT2D eigenvalue weighted by atomic mass is 9.77. The third-order valence-corrected chi connectivity index (χ3v) is 4.10. The first-order valence-electron chi connectivity index (χ1n) is 8.15. The van der Waals surface area contributed by atoms with Gasteiger partial charge in [-0.3, -0.25) is 4.79 Å². The molecular weight excluding hydrogens is 300 g/mol. The zero-order chi connectivity index (χ0) is 18.1. The number of hydrogen-bond acceptors (Lipinski definition) is 3. The molecule has 24 heavy (non-hydrogen) atoms. The second kappa shape index (κ2) is 6.31. The van der Waals surface area contributed by atoms with Crippen LogP contribution in [0.1, 0.15) is 63.0 Å². The van der Waals surface area contributed by atoms with E-state index < -0.39 is 0 Å². The second-order valence-corrected chi connectivity index (χ2v) is 7.65. The summed E-state index contributed by atoms with van der Waals surface area (Å²) in [5.74, 6) is 0.720. The van der Waals surface area contributed by atoms with Crippen LogP contribution in [0.2, 0.25) is 0 Å². The summed E-state index contributed by atoms with van der Waals surface area (Å²) < 4.78 is 5.86. The van der Waals surface area contributed by atoms with Crippen LogP contribution in [0.3, 0.4) is 0 Å². The van der Waals surface area contributed by atoms with Gasteiger partial charge in [0.1, 0.15) is 17.1 Å². The molecule has 128 valence electrons. The summed E-state index contributed by atoms with van der Waals surface area (Å²) in [5.41, 5.74) is 1.88. The molecule has 0 amide bonds. The molecule has 0 aliphatic rings. The summed E-state index contributed by atoms with van der Waals surface area (Å²) >= 11 is 0. The number of phenols is 1. The molecule has 0 aliphatic carbocycles. The number of carbonyl (C=O) groups excluding carboxylic acids is 1. The van der Waals surface area contributed by atoms with Crippen LogP contribution in [0.25, 0.3) is 0 Å². The number of benzene rings is 2. The van der Waals surface area contributed by atoms with Crippen molar-refractivity contribution in [3.8, 4) is 11.5 Å². The highest BCUT2D eigenvalue weighted by atomic mass is 16.5. The molecule has 0 saturated carbocycles. The summed E-state index contributed by atoms with van der Waals surface area (Å²) in [5, 5.41) is 10.1. The lowest BCUT2D eigenvalue weighted by Gasteiger charge is -2.27. The zero-order valence-corrected chi connectivity index (χ0v) is 15.3. The van der Waals surface area contributed by atoms with Crippen molar-refractivity contribution in [3.63, 3.8) is 0 Å². The Morgan fingerprint density at radius 3 is 1.92 bits per heavy atom. The maximum Gasteiger partial charge on any atom is 0.163 e. The Balaban J connectivity index is 2.33. The minimum atomic E-state index is -0.299. The number of rotatable bonds is 4. The van der Waals surface area contributed by atoms with E-state index in [1.165, 1.54) is 6.92 Å². The Bertz CT molecular complexity index is 735. The SMILES string of the molecule is CC(=O)c1ccc(C(C)(C)c2ccc(OC(C)(C)C)cc2)cc1O. The van der Waals surface area contributed by atoms with Crippen molar-refractivity contribution >= 4 is 5.78 Å². The van der Waals surface area contributed by atoms with Crippen molar-refractivity contribution in [2.24, 2.45) is 0 Å². The van der Waals surface area contributed by atoms with Gasteiger partial charge in [0.05, 0.1) is 5.56 Å². The number of hydrogen-bond donors (Lipinski definition) is 1. The van der Waals surface area contributed by atoms with E-state index in [9.17, 15) is 9.90 Å². The topological polar surface area (TPSA) is 46.5 Å². The molecule has 0 unspecified atom stereocenters. The van der Waals surface area contributed by atoms with Crippen LogP contribution in [0.15, 0.2) is 42.5 Å². The molecule has 1 N–H and O–H groups in total. The van der Waals surface area contributed by atoms with Gasteiger partial charge in [0.25, 0.3) is 0 Å². The van der Waals surface area contributed by atoms with E-state index in [0.29, 0.717) is 5.56 Å². The lowest BCUT2D eigenvalue weighted by molar-refractivity contribution is 0.101. The summed E-state index contributed by atoms with van der Waals surface area (Å²) in [4.78, 5) is 11.5. The summed E-state index contributed by atoms with van der Waals surface area (Å²) in [6.45, 7) is 11.7. The van der Waals surface area contributed by atoms with Crippen molar-refractivity contribution in [1.29, 1.82) is 0 Å². The van der Waals surface area contributed by atoms with Gasteiger partial charge in [-0.1, -0.05) is 32.0 Å². The zero-order valence-electron chi connectivity index (χ0n) is 15.3. The third-order valence-electron chi connectivity index (χ3n) is 4.10. The molecule has 0 radical (unpaired) electrons. The van der Waals surface area contributed by atoms with Gasteiger partial charge in [-0.15, -0.1) is 0 Å². The van der Waals surface area contributed by atoms with Crippen LogP contribution < -0.4 is 4.74 Å². The highest BCUT2D eigenvalue weighted by Gasteiger charge is 2.25. The normalized spacial score (nSPS) is 12.1. The number of aromatic hydroxyl groups is 1. The van der Waals surface area contributed by atoms with E-state index in [1.54, 1.807) is 12.1 Å². The molecular formula is C21H26O3. The monoisotopic (exact) mass is 326 g/mol. The number of carbonyl (C=O) groups is 1. The number of Topliss-reactive ketones (excluding diaryl/α,β-unsaturated/α-hetero) is 1. The molecule has 0 saturated heterocycles. The first-order valence-corrected chi connectivity index (χ1v) is 8.15. The standard InChI is InChI=1S/C21H26O3/c1-14(22)18-12-9-16(13-19(18)23)21(5,6)15-7-10-17(11-8-15)24-20(2,3)4/h7-13,23H,1-6H3. The first kappa shape index (κ1) is 18.1. The van der Waals surface area contributed by atoms with Gasteiger partial charge in [-0.2, -0.15) is 0 Å². The Morgan fingerprint density at radius 2 is 1.46 bits per heavy atom. The Labute approximate surface area is 144 Å². The molecule has 0 aliphatic heterocycles. The molecule has 0 heterocycles. The molecule has 2 aromatic carbocycles. The van der Waals surface area contributed by atoms with E-state index in [2.05, 4.69) is 13.8 Å². The van der Waals surface area contributed by atoms with Crippen molar-refractivity contribution in [3.05, 3.63) is 59.2 Å². The maximum atomic E-state index is 11.5. The predicted octanol–water partition coefficient (Wildman–Crippen LogP) is 5.10. The van der Waals surface area contributed by atoms with Crippen LogP contribution in [0.4, 0.5) is 0 Å². The van der Waals surface area contributed by atoms with Crippen molar-refractivity contribution in [2.45, 2.75) is 52.6 Å². The van der Waals surface area contributed by atoms with Gasteiger partial charge in [0.2, 0.25) is 0 Å². The van der Waals surface area contributed by atoms with Crippen molar-refractivity contribution < 1.29 is 14.6 Å². The molecule has 0 spiro atoms. The highest BCUT2D eigenvalue weighted by Crippen LogP contribution is 2.35. The Kier molecular flexibility index (Phi) is 4.75. The maximum absolute atomic E-state index is 11.5. The molecule has 0 atom stereocenters. The average Bonchev–Trinajstić information content (AvgIpc) is 2.45. The Morgan fingerprint density at radius 1 is 0.917 bits per heavy atom. The van der Waals surface area contributed by atoms with Crippen molar-refractivity contribution in [1.82, 2.24) is 0 Å². The van der Waals surface area contributed by atoms with Crippen LogP contribution in [0, 0.1) is 0 Å². The van der Waals surface area contributed by atoms with Gasteiger partial charge < -0.3 is 9.84 Å². The minimum Gasteiger partial charge on any atom is -0.507 e. The Hall–Kier alpha value is -2.29. The number of ketones is 1. The van der Waals surface area contributed by atoms with E-state index in [4.69, 9.17) is 4.74 Å². The number of ether oxygens (including phenoxy) is 1. The highest BCUT2D eigenvalue weighted by molar-refractivity contribution is 5.96. The van der Waals surface area contributed by atoms with Gasteiger partial charge in [0, 0.05) is 5.41 Å². The predicted molar refractivity (Wildman–Crippen MR) is 97.1 cm³/mol. The van der Waals surface area contributed by atoms with Gasteiger partial charge in [0.15, 0.2) is 5.78 Å². The fourth-order valence-corrected chi connectivity index (χ4v) is 2.68. The van der Waals surface area contributed by atoms with Crippen LogP contribution in [-0.2, 0) is 5.41 Å². The van der Waals surface area contributed by atoms with Gasteiger partial charge >= 0.3 is 0 Å². The fourth-order valence-electron chi connectivity index (χ4n) is 2.68. The second-order valence-electron chi connectivity index (χ2n) is 7.65. The average molecular weight is 326 g/mol. The first-order chi connectivity index (χ1) is 11.0.